The van der Waals surface area contributed by atoms with Crippen molar-refractivity contribution in [1.82, 2.24) is 10.9 Å². The smallest absolute Gasteiger partial charge is 0.244 e. The number of carbonyl (C=O) groups is 2. The van der Waals surface area contributed by atoms with E-state index in [0.29, 0.717) is 11.8 Å². The lowest BCUT2D eigenvalue weighted by Crippen LogP contribution is -2.60. The Morgan fingerprint density at radius 1 is 1.00 bits per heavy atom. The summed E-state index contributed by atoms with van der Waals surface area (Å²) in [5.41, 5.74) is 7.69. The normalized spacial score (nSPS) is 36.4. The van der Waals surface area contributed by atoms with Crippen molar-refractivity contribution in [3.8, 4) is 0 Å². The first kappa shape index (κ1) is 15.7. The minimum Gasteiger partial charge on any atom is -0.274 e. The van der Waals surface area contributed by atoms with Gasteiger partial charge in [0.15, 0.2) is 0 Å². The van der Waals surface area contributed by atoms with Crippen molar-refractivity contribution in [1.29, 1.82) is 0 Å². The molecule has 0 aliphatic heterocycles. The number of amides is 2. The van der Waals surface area contributed by atoms with Crippen molar-refractivity contribution >= 4 is 11.8 Å². The lowest BCUT2D eigenvalue weighted by atomic mass is 9.42. The number of carbonyl (C=O) groups excluding carboxylic acids is 2. The summed E-state index contributed by atoms with van der Waals surface area (Å²) in [6.45, 7) is 3.54. The topological polar surface area (TPSA) is 58.2 Å². The molecule has 2 atom stereocenters. The van der Waals surface area contributed by atoms with Crippen LogP contribution in [0.15, 0.2) is 24.3 Å². The molecule has 0 aromatic heterocycles. The lowest BCUT2D eigenvalue weighted by molar-refractivity contribution is -0.151. The van der Waals surface area contributed by atoms with Crippen LogP contribution in [0.2, 0.25) is 0 Å². The highest BCUT2D eigenvalue weighted by Crippen LogP contribution is 2.65. The zero-order valence-corrected chi connectivity index (χ0v) is 14.5. The fraction of sp³-hybridized carbons (Fsp3) is 0.600. The second-order valence-electron chi connectivity index (χ2n) is 8.52. The first-order valence-corrected chi connectivity index (χ1v) is 9.05. The van der Waals surface area contributed by atoms with E-state index >= 15 is 0 Å². The molecule has 4 aliphatic rings. The molecule has 0 radical (unpaired) electrons. The maximum atomic E-state index is 12.9. The van der Waals surface area contributed by atoms with Gasteiger partial charge < -0.3 is 0 Å². The summed E-state index contributed by atoms with van der Waals surface area (Å²) in [5, 5.41) is 0. The van der Waals surface area contributed by atoms with E-state index in [9.17, 15) is 9.59 Å². The maximum absolute atomic E-state index is 12.9. The third-order valence-corrected chi connectivity index (χ3v) is 6.56. The Morgan fingerprint density at radius 3 is 2.21 bits per heavy atom. The number of hydrogen-bond donors (Lipinski definition) is 2. The predicted octanol–water partition coefficient (Wildman–Crippen LogP) is 3.00. The van der Waals surface area contributed by atoms with Gasteiger partial charge in [-0.15, -0.1) is 0 Å². The average molecular weight is 326 g/mol. The monoisotopic (exact) mass is 326 g/mol. The number of hydrazine groups is 1. The van der Waals surface area contributed by atoms with Crippen LogP contribution in [0.1, 0.15) is 56.6 Å². The third kappa shape index (κ3) is 2.43. The Hall–Kier alpha value is -1.84. The minimum absolute atomic E-state index is 0.0169. The number of nitrogens with one attached hydrogen (secondary N) is 2. The molecule has 2 N–H and O–H groups in total. The van der Waals surface area contributed by atoms with E-state index in [1.807, 2.05) is 0 Å². The zero-order valence-electron chi connectivity index (χ0n) is 14.5. The summed E-state index contributed by atoms with van der Waals surface area (Å²) in [6, 6.07) is 8.92. The van der Waals surface area contributed by atoms with Crippen molar-refractivity contribution in [2.45, 2.75) is 57.8 Å². The van der Waals surface area contributed by atoms with Gasteiger partial charge in [-0.2, -0.15) is 0 Å². The molecule has 0 heterocycles. The third-order valence-electron chi connectivity index (χ3n) is 6.56. The van der Waals surface area contributed by atoms with Crippen LogP contribution in [-0.2, 0) is 15.0 Å². The summed E-state index contributed by atoms with van der Waals surface area (Å²) in [5.74, 6) is 1.07. The van der Waals surface area contributed by atoms with Crippen LogP contribution in [-0.4, -0.2) is 11.8 Å². The van der Waals surface area contributed by atoms with E-state index in [4.69, 9.17) is 0 Å². The molecule has 0 saturated heterocycles. The van der Waals surface area contributed by atoms with Crippen molar-refractivity contribution in [2.24, 2.45) is 17.3 Å². The first-order valence-electron chi connectivity index (χ1n) is 9.05. The van der Waals surface area contributed by atoms with E-state index < -0.39 is 0 Å². The molecule has 4 aliphatic carbocycles. The van der Waals surface area contributed by atoms with Gasteiger partial charge in [0.25, 0.3) is 0 Å². The molecule has 2 amide bonds. The van der Waals surface area contributed by atoms with Gasteiger partial charge in [0.05, 0.1) is 5.41 Å². The molecule has 128 valence electrons. The van der Waals surface area contributed by atoms with Crippen LogP contribution in [0.5, 0.6) is 0 Å². The van der Waals surface area contributed by atoms with Crippen molar-refractivity contribution in [3.05, 3.63) is 35.4 Å². The molecule has 0 unspecified atom stereocenters. The Bertz CT molecular complexity index is 665. The number of hydrogen-bond acceptors (Lipinski definition) is 2. The van der Waals surface area contributed by atoms with Gasteiger partial charge >= 0.3 is 0 Å². The second-order valence-corrected chi connectivity index (χ2v) is 8.52. The van der Waals surface area contributed by atoms with Crippen LogP contribution in [0.4, 0.5) is 0 Å². The number of aryl methyl sites for hydroxylation is 1. The van der Waals surface area contributed by atoms with E-state index in [1.54, 1.807) is 0 Å². The van der Waals surface area contributed by atoms with Gasteiger partial charge in [0.2, 0.25) is 11.8 Å². The molecule has 1 aromatic rings. The standard InChI is InChI=1S/C20H26N2O2/c1-13-3-5-17(6-4-13)19-8-15-7-16(9-19)11-20(10-15,12-19)18(24)22-21-14(2)23/h3-6,15-16H,7-12H2,1-2H3,(H,21,23)(H,22,24)/t15-,16-,19?,20?/m0/s1. The average Bonchev–Trinajstić information content (AvgIpc) is 2.51. The van der Waals surface area contributed by atoms with E-state index in [2.05, 4.69) is 42.0 Å². The Balaban J connectivity index is 1.65. The SMILES string of the molecule is CC(=O)NNC(=O)C12C[C@H]3C[C@H](C1)CC(c1ccc(C)cc1)(C3)C2. The minimum atomic E-state index is -0.308. The molecule has 4 fully saturated rings. The molecule has 4 saturated carbocycles. The molecular weight excluding hydrogens is 300 g/mol. The van der Waals surface area contributed by atoms with Gasteiger partial charge in [-0.3, -0.25) is 20.4 Å². The van der Waals surface area contributed by atoms with Crippen molar-refractivity contribution in [3.63, 3.8) is 0 Å². The summed E-state index contributed by atoms with van der Waals surface area (Å²) in [7, 11) is 0. The maximum Gasteiger partial charge on any atom is 0.244 e. The van der Waals surface area contributed by atoms with E-state index in [0.717, 1.165) is 19.3 Å². The van der Waals surface area contributed by atoms with Crippen LogP contribution in [0.3, 0.4) is 0 Å². The molecule has 4 heteroatoms. The van der Waals surface area contributed by atoms with Gasteiger partial charge in [0.1, 0.15) is 0 Å². The molecule has 1 aromatic carbocycles. The highest BCUT2D eigenvalue weighted by molar-refractivity contribution is 5.86. The van der Waals surface area contributed by atoms with E-state index in [-0.39, 0.29) is 22.6 Å². The molecular formula is C20H26N2O2. The fourth-order valence-electron chi connectivity index (χ4n) is 6.05. The lowest BCUT2D eigenvalue weighted by Gasteiger charge is -2.61. The van der Waals surface area contributed by atoms with Gasteiger partial charge in [-0.05, 0) is 68.3 Å². The van der Waals surface area contributed by atoms with E-state index in [1.165, 1.54) is 37.3 Å². The molecule has 4 bridgehead atoms. The van der Waals surface area contributed by atoms with Crippen LogP contribution < -0.4 is 10.9 Å². The van der Waals surface area contributed by atoms with Gasteiger partial charge in [0, 0.05) is 6.92 Å². The first-order chi connectivity index (χ1) is 11.4. The highest BCUT2D eigenvalue weighted by Gasteiger charge is 2.60. The van der Waals surface area contributed by atoms with Gasteiger partial charge in [-0.25, -0.2) is 0 Å². The zero-order chi connectivity index (χ0) is 16.9. The van der Waals surface area contributed by atoms with Crippen molar-refractivity contribution in [2.75, 3.05) is 0 Å². The van der Waals surface area contributed by atoms with Crippen LogP contribution in [0.25, 0.3) is 0 Å². The van der Waals surface area contributed by atoms with Crippen molar-refractivity contribution < 1.29 is 9.59 Å². The Morgan fingerprint density at radius 2 is 1.62 bits per heavy atom. The fourth-order valence-corrected chi connectivity index (χ4v) is 6.05. The van der Waals surface area contributed by atoms with Crippen LogP contribution in [0, 0.1) is 24.2 Å². The Labute approximate surface area is 143 Å². The van der Waals surface area contributed by atoms with Crippen LogP contribution >= 0.6 is 0 Å². The largest absolute Gasteiger partial charge is 0.274 e. The summed E-state index contributed by atoms with van der Waals surface area (Å²) >= 11 is 0. The second kappa shape index (κ2) is 5.33. The molecule has 4 nitrogen and oxygen atoms in total. The molecule has 0 spiro atoms. The quantitative estimate of drug-likeness (QED) is 0.821. The molecule has 24 heavy (non-hydrogen) atoms. The Kier molecular flexibility index (Phi) is 3.48. The summed E-state index contributed by atoms with van der Waals surface area (Å²) in [4.78, 5) is 24.1. The summed E-state index contributed by atoms with van der Waals surface area (Å²) in [6.07, 6.45) is 6.55. The number of rotatable bonds is 2. The highest BCUT2D eigenvalue weighted by atomic mass is 16.2. The van der Waals surface area contributed by atoms with Gasteiger partial charge in [-0.1, -0.05) is 29.8 Å². The molecule has 5 rings (SSSR count). The number of benzene rings is 1. The predicted molar refractivity (Wildman–Crippen MR) is 91.9 cm³/mol. The summed E-state index contributed by atoms with van der Waals surface area (Å²) < 4.78 is 0.